The molecule has 0 fully saturated rings. The van der Waals surface area contributed by atoms with Gasteiger partial charge in [0, 0.05) is 25.4 Å². The molecule has 2 aromatic rings. The SMILES string of the molecule is CS(=O)(=O)N1CCc2nc3ncc(Br)cn3c2C1. The smallest absolute Gasteiger partial charge is 0.234 e. The van der Waals surface area contributed by atoms with Crippen molar-refractivity contribution in [2.45, 2.75) is 13.0 Å². The van der Waals surface area contributed by atoms with E-state index >= 15 is 0 Å². The quantitative estimate of drug-likeness (QED) is 0.776. The minimum Gasteiger partial charge on any atom is -0.285 e. The van der Waals surface area contributed by atoms with Gasteiger partial charge in [0.05, 0.1) is 28.7 Å². The average molecular weight is 331 g/mol. The van der Waals surface area contributed by atoms with Gasteiger partial charge in [0.15, 0.2) is 0 Å². The standard InChI is InChI=1S/C10H11BrN4O2S/c1-18(16,17)14-3-2-8-9(6-14)15-5-7(11)4-12-10(15)13-8/h4-5H,2-3,6H2,1H3. The fourth-order valence-electron chi connectivity index (χ4n) is 2.13. The highest BCUT2D eigenvalue weighted by Crippen LogP contribution is 2.22. The van der Waals surface area contributed by atoms with Crippen LogP contribution < -0.4 is 0 Å². The molecule has 96 valence electrons. The molecule has 6 nitrogen and oxygen atoms in total. The Morgan fingerprint density at radius 2 is 2.22 bits per heavy atom. The number of fused-ring (bicyclic) bond motifs is 3. The lowest BCUT2D eigenvalue weighted by molar-refractivity contribution is 0.387. The van der Waals surface area contributed by atoms with Gasteiger partial charge in [-0.25, -0.2) is 18.4 Å². The first kappa shape index (κ1) is 12.1. The minimum atomic E-state index is -3.17. The third-order valence-corrected chi connectivity index (χ3v) is 4.68. The Hall–Kier alpha value is -0.990. The Morgan fingerprint density at radius 1 is 1.44 bits per heavy atom. The number of nitrogens with zero attached hydrogens (tertiary/aromatic N) is 4. The van der Waals surface area contributed by atoms with Crippen molar-refractivity contribution in [1.82, 2.24) is 18.7 Å². The van der Waals surface area contributed by atoms with E-state index in [4.69, 9.17) is 0 Å². The van der Waals surface area contributed by atoms with Gasteiger partial charge >= 0.3 is 0 Å². The second kappa shape index (κ2) is 4.01. The number of imidazole rings is 1. The summed E-state index contributed by atoms with van der Waals surface area (Å²) in [4.78, 5) is 8.63. The molecule has 0 amide bonds. The van der Waals surface area contributed by atoms with Crippen LogP contribution in [0, 0.1) is 0 Å². The molecule has 8 heteroatoms. The Labute approximate surface area is 113 Å². The van der Waals surface area contributed by atoms with E-state index in [-0.39, 0.29) is 0 Å². The summed E-state index contributed by atoms with van der Waals surface area (Å²) in [5.41, 5.74) is 1.83. The molecule has 3 heterocycles. The summed E-state index contributed by atoms with van der Waals surface area (Å²) >= 11 is 3.36. The van der Waals surface area contributed by atoms with E-state index in [0.717, 1.165) is 15.9 Å². The van der Waals surface area contributed by atoms with Gasteiger partial charge < -0.3 is 0 Å². The van der Waals surface area contributed by atoms with Crippen molar-refractivity contribution in [1.29, 1.82) is 0 Å². The molecular weight excluding hydrogens is 320 g/mol. The lowest BCUT2D eigenvalue weighted by Crippen LogP contribution is -2.35. The van der Waals surface area contributed by atoms with Gasteiger partial charge in [-0.2, -0.15) is 4.31 Å². The summed E-state index contributed by atoms with van der Waals surface area (Å²) in [5.74, 6) is 0.610. The molecule has 0 saturated heterocycles. The first-order chi connectivity index (χ1) is 8.45. The summed E-state index contributed by atoms with van der Waals surface area (Å²) < 4.78 is 27.3. The summed E-state index contributed by atoms with van der Waals surface area (Å²) in [5, 5.41) is 0. The van der Waals surface area contributed by atoms with Crippen molar-refractivity contribution in [2.75, 3.05) is 12.8 Å². The molecule has 0 saturated carbocycles. The van der Waals surface area contributed by atoms with E-state index in [1.54, 1.807) is 6.20 Å². The molecule has 0 N–H and O–H groups in total. The van der Waals surface area contributed by atoms with Gasteiger partial charge in [-0.3, -0.25) is 4.40 Å². The predicted octanol–water partition coefficient (Wildman–Crippen LogP) is 0.809. The first-order valence-corrected chi connectivity index (χ1v) is 8.06. The Kier molecular flexibility index (Phi) is 2.68. The third kappa shape index (κ3) is 1.94. The topological polar surface area (TPSA) is 67.6 Å². The summed E-state index contributed by atoms with van der Waals surface area (Å²) in [6.07, 6.45) is 5.40. The van der Waals surface area contributed by atoms with Crippen LogP contribution in [0.1, 0.15) is 11.4 Å². The molecule has 1 aliphatic rings. The maximum Gasteiger partial charge on any atom is 0.234 e. The highest BCUT2D eigenvalue weighted by Gasteiger charge is 2.26. The van der Waals surface area contributed by atoms with E-state index in [1.165, 1.54) is 10.6 Å². The van der Waals surface area contributed by atoms with E-state index < -0.39 is 10.0 Å². The molecule has 3 rings (SSSR count). The van der Waals surface area contributed by atoms with Gasteiger partial charge in [0.1, 0.15) is 0 Å². The molecule has 2 aromatic heterocycles. The van der Waals surface area contributed by atoms with Gasteiger partial charge in [-0.1, -0.05) is 0 Å². The third-order valence-electron chi connectivity index (χ3n) is 3.02. The first-order valence-electron chi connectivity index (χ1n) is 5.41. The molecule has 0 aliphatic carbocycles. The Balaban J connectivity index is 2.14. The zero-order valence-electron chi connectivity index (χ0n) is 9.67. The molecule has 0 unspecified atom stereocenters. The van der Waals surface area contributed by atoms with Crippen LogP contribution in [0.5, 0.6) is 0 Å². The molecule has 0 aromatic carbocycles. The number of hydrogen-bond acceptors (Lipinski definition) is 4. The van der Waals surface area contributed by atoms with Crippen LogP contribution in [-0.4, -0.2) is 39.9 Å². The van der Waals surface area contributed by atoms with Crippen molar-refractivity contribution in [2.24, 2.45) is 0 Å². The summed E-state index contributed by atoms with van der Waals surface area (Å²) in [6.45, 7) is 0.838. The van der Waals surface area contributed by atoms with E-state index in [0.29, 0.717) is 25.3 Å². The Morgan fingerprint density at radius 3 is 2.94 bits per heavy atom. The van der Waals surface area contributed by atoms with Crippen LogP contribution in [-0.2, 0) is 23.0 Å². The molecule has 0 bridgehead atoms. The van der Waals surface area contributed by atoms with Crippen LogP contribution in [0.2, 0.25) is 0 Å². The van der Waals surface area contributed by atoms with Crippen molar-refractivity contribution in [3.63, 3.8) is 0 Å². The highest BCUT2D eigenvalue weighted by molar-refractivity contribution is 9.10. The maximum atomic E-state index is 11.6. The Bertz CT molecular complexity index is 725. The fraction of sp³-hybridized carbons (Fsp3) is 0.400. The number of aromatic nitrogens is 3. The summed E-state index contributed by atoms with van der Waals surface area (Å²) in [6, 6.07) is 0. The van der Waals surface area contributed by atoms with Crippen molar-refractivity contribution < 1.29 is 8.42 Å². The van der Waals surface area contributed by atoms with Gasteiger partial charge in [-0.05, 0) is 15.9 Å². The van der Waals surface area contributed by atoms with Crippen LogP contribution >= 0.6 is 15.9 Å². The normalized spacial score (nSPS) is 17.0. The largest absolute Gasteiger partial charge is 0.285 e. The molecule has 0 radical (unpaired) electrons. The summed E-state index contributed by atoms with van der Waals surface area (Å²) in [7, 11) is -3.17. The second-order valence-corrected chi connectivity index (χ2v) is 7.19. The average Bonchev–Trinajstić information content (AvgIpc) is 2.65. The monoisotopic (exact) mass is 330 g/mol. The molecule has 18 heavy (non-hydrogen) atoms. The fourth-order valence-corrected chi connectivity index (χ4v) is 3.22. The van der Waals surface area contributed by atoms with E-state index in [9.17, 15) is 8.42 Å². The van der Waals surface area contributed by atoms with E-state index in [1.807, 2.05) is 10.6 Å². The van der Waals surface area contributed by atoms with E-state index in [2.05, 4.69) is 25.9 Å². The predicted molar refractivity (Wildman–Crippen MR) is 69.6 cm³/mol. The van der Waals surface area contributed by atoms with Gasteiger partial charge in [-0.15, -0.1) is 0 Å². The lowest BCUT2D eigenvalue weighted by atomic mass is 10.2. The molecule has 0 spiro atoms. The number of rotatable bonds is 1. The van der Waals surface area contributed by atoms with Crippen molar-refractivity contribution in [3.05, 3.63) is 28.3 Å². The van der Waals surface area contributed by atoms with Crippen LogP contribution in [0.3, 0.4) is 0 Å². The van der Waals surface area contributed by atoms with Crippen LogP contribution in [0.15, 0.2) is 16.9 Å². The minimum absolute atomic E-state index is 0.355. The van der Waals surface area contributed by atoms with Gasteiger partial charge in [0.25, 0.3) is 0 Å². The molecule has 0 atom stereocenters. The zero-order chi connectivity index (χ0) is 12.9. The van der Waals surface area contributed by atoms with Gasteiger partial charge in [0.2, 0.25) is 15.8 Å². The molecule has 1 aliphatic heterocycles. The lowest BCUT2D eigenvalue weighted by Gasteiger charge is -2.24. The zero-order valence-corrected chi connectivity index (χ0v) is 12.1. The highest BCUT2D eigenvalue weighted by atomic mass is 79.9. The van der Waals surface area contributed by atoms with Crippen molar-refractivity contribution >= 4 is 31.7 Å². The van der Waals surface area contributed by atoms with Crippen LogP contribution in [0.4, 0.5) is 0 Å². The number of sulfonamides is 1. The van der Waals surface area contributed by atoms with Crippen molar-refractivity contribution in [3.8, 4) is 0 Å². The number of halogens is 1. The number of hydrogen-bond donors (Lipinski definition) is 0. The molecular formula is C10H11BrN4O2S. The second-order valence-electron chi connectivity index (χ2n) is 4.29. The van der Waals surface area contributed by atoms with Crippen LogP contribution in [0.25, 0.3) is 5.78 Å². The maximum absolute atomic E-state index is 11.6.